The standard InChI is InChI=1S/C16H19BClNO5/c1-15(2)16(3,4)24-17(23-15)9-6-10-12(22-14(20)19-5)8-21-13(10)11(18)7-9/h6-8H,1-5H3,(H,19,20). The van der Waals surface area contributed by atoms with Crippen LogP contribution in [-0.2, 0) is 9.31 Å². The number of ether oxygens (including phenoxy) is 1. The third-order valence-electron chi connectivity index (χ3n) is 4.55. The zero-order valence-electron chi connectivity index (χ0n) is 14.2. The highest BCUT2D eigenvalue weighted by atomic mass is 35.5. The van der Waals surface area contributed by atoms with Gasteiger partial charge in [0.2, 0.25) is 0 Å². The van der Waals surface area contributed by atoms with Crippen LogP contribution >= 0.6 is 11.6 Å². The molecule has 0 spiro atoms. The maximum Gasteiger partial charge on any atom is 0.494 e. The molecule has 1 aromatic carbocycles. The van der Waals surface area contributed by atoms with Crippen LogP contribution in [-0.4, -0.2) is 31.5 Å². The predicted octanol–water partition coefficient (Wildman–Crippen LogP) is 3.10. The molecule has 0 aliphatic carbocycles. The van der Waals surface area contributed by atoms with E-state index in [4.69, 9.17) is 30.1 Å². The Morgan fingerprint density at radius 3 is 2.42 bits per heavy atom. The highest BCUT2D eigenvalue weighted by Crippen LogP contribution is 2.38. The second-order valence-corrected chi connectivity index (χ2v) is 7.11. The summed E-state index contributed by atoms with van der Waals surface area (Å²) in [5.41, 5.74) is 0.249. The van der Waals surface area contributed by atoms with Gasteiger partial charge in [0.05, 0.1) is 21.6 Å². The van der Waals surface area contributed by atoms with Crippen LogP contribution in [0, 0.1) is 0 Å². The van der Waals surface area contributed by atoms with Gasteiger partial charge in [-0.05, 0) is 45.3 Å². The maximum atomic E-state index is 11.5. The summed E-state index contributed by atoms with van der Waals surface area (Å²) in [6.45, 7) is 7.91. The molecule has 0 atom stereocenters. The normalized spacial score (nSPS) is 18.8. The molecule has 1 aromatic heterocycles. The first-order valence-corrected chi connectivity index (χ1v) is 7.98. The molecule has 6 nitrogen and oxygen atoms in total. The minimum atomic E-state index is -0.588. The van der Waals surface area contributed by atoms with Crippen molar-refractivity contribution >= 4 is 41.2 Å². The van der Waals surface area contributed by atoms with Gasteiger partial charge in [-0.1, -0.05) is 11.6 Å². The number of benzene rings is 1. The average molecular weight is 352 g/mol. The molecule has 3 rings (SSSR count). The Morgan fingerprint density at radius 1 is 1.21 bits per heavy atom. The highest BCUT2D eigenvalue weighted by molar-refractivity contribution is 6.63. The number of amides is 1. The molecule has 1 saturated heterocycles. The molecule has 24 heavy (non-hydrogen) atoms. The molecule has 8 heteroatoms. The largest absolute Gasteiger partial charge is 0.494 e. The van der Waals surface area contributed by atoms with E-state index in [1.165, 1.54) is 13.3 Å². The Morgan fingerprint density at radius 2 is 1.83 bits per heavy atom. The SMILES string of the molecule is CNC(=O)Oc1coc2c(Cl)cc(B3OC(C)(C)C(C)(C)O3)cc12. The van der Waals surface area contributed by atoms with Gasteiger partial charge >= 0.3 is 13.2 Å². The second kappa shape index (κ2) is 5.69. The van der Waals surface area contributed by atoms with Crippen molar-refractivity contribution in [1.29, 1.82) is 0 Å². The topological polar surface area (TPSA) is 69.9 Å². The molecule has 1 aliphatic heterocycles. The third-order valence-corrected chi connectivity index (χ3v) is 4.83. The van der Waals surface area contributed by atoms with Crippen molar-refractivity contribution in [3.8, 4) is 5.75 Å². The molecule has 1 N–H and O–H groups in total. The van der Waals surface area contributed by atoms with Gasteiger partial charge in [0.1, 0.15) is 6.26 Å². The molecular weight excluding hydrogens is 332 g/mol. The fraction of sp³-hybridized carbons (Fsp3) is 0.438. The number of hydrogen-bond donors (Lipinski definition) is 1. The van der Waals surface area contributed by atoms with Crippen molar-refractivity contribution in [2.45, 2.75) is 38.9 Å². The molecular formula is C16H19BClNO5. The monoisotopic (exact) mass is 351 g/mol. The summed E-state index contributed by atoms with van der Waals surface area (Å²) in [7, 11) is 0.910. The zero-order chi connectivity index (χ0) is 17.7. The van der Waals surface area contributed by atoms with Crippen LogP contribution in [0.5, 0.6) is 5.75 Å². The fourth-order valence-corrected chi connectivity index (χ4v) is 2.71. The molecule has 2 heterocycles. The lowest BCUT2D eigenvalue weighted by atomic mass is 9.78. The van der Waals surface area contributed by atoms with Crippen molar-refractivity contribution in [3.63, 3.8) is 0 Å². The summed E-state index contributed by atoms with van der Waals surface area (Å²) < 4.78 is 22.7. The number of rotatable bonds is 2. The van der Waals surface area contributed by atoms with Gasteiger partial charge in [-0.2, -0.15) is 0 Å². The molecule has 128 valence electrons. The number of furan rings is 1. The van der Waals surface area contributed by atoms with Crippen molar-refractivity contribution in [1.82, 2.24) is 5.32 Å². The van der Waals surface area contributed by atoms with Crippen LogP contribution in [0.1, 0.15) is 27.7 Å². The molecule has 0 unspecified atom stereocenters. The quantitative estimate of drug-likeness (QED) is 0.842. The van der Waals surface area contributed by atoms with E-state index in [0.717, 1.165) is 5.46 Å². The molecule has 2 aromatic rings. The Kier molecular flexibility index (Phi) is 4.06. The van der Waals surface area contributed by atoms with Crippen LogP contribution in [0.15, 0.2) is 22.8 Å². The summed E-state index contributed by atoms with van der Waals surface area (Å²) in [5, 5.41) is 3.36. The van der Waals surface area contributed by atoms with Crippen LogP contribution < -0.4 is 15.5 Å². The van der Waals surface area contributed by atoms with Gasteiger partial charge in [-0.3, -0.25) is 0 Å². The lowest BCUT2D eigenvalue weighted by Gasteiger charge is -2.32. The number of carbonyl (C=O) groups is 1. The van der Waals surface area contributed by atoms with Gasteiger partial charge in [0, 0.05) is 7.05 Å². The van der Waals surface area contributed by atoms with Crippen molar-refractivity contribution in [3.05, 3.63) is 23.4 Å². The zero-order valence-corrected chi connectivity index (χ0v) is 15.0. The van der Waals surface area contributed by atoms with Gasteiger partial charge in [-0.15, -0.1) is 0 Å². The Bertz CT molecular complexity index is 785. The van der Waals surface area contributed by atoms with E-state index in [1.54, 1.807) is 12.1 Å². The molecule has 1 aliphatic rings. The maximum absolute atomic E-state index is 11.5. The van der Waals surface area contributed by atoms with Crippen LogP contribution in [0.2, 0.25) is 5.02 Å². The number of nitrogens with one attached hydrogen (secondary N) is 1. The van der Waals surface area contributed by atoms with E-state index in [2.05, 4.69) is 5.32 Å². The molecule has 1 amide bonds. The summed E-state index contributed by atoms with van der Waals surface area (Å²) in [6, 6.07) is 3.53. The fourth-order valence-electron chi connectivity index (χ4n) is 2.44. The molecule has 0 bridgehead atoms. The lowest BCUT2D eigenvalue weighted by Crippen LogP contribution is -2.41. The summed E-state index contributed by atoms with van der Waals surface area (Å²) >= 11 is 6.31. The number of hydrogen-bond acceptors (Lipinski definition) is 5. The van der Waals surface area contributed by atoms with Gasteiger partial charge < -0.3 is 23.8 Å². The smallest absolute Gasteiger partial charge is 0.459 e. The Labute approximate surface area is 145 Å². The molecule has 1 fully saturated rings. The third kappa shape index (κ3) is 2.77. The first-order chi connectivity index (χ1) is 11.1. The van der Waals surface area contributed by atoms with Crippen molar-refractivity contribution < 1.29 is 23.3 Å². The Hall–Kier alpha value is -1.70. The summed E-state index contributed by atoms with van der Waals surface area (Å²) in [4.78, 5) is 11.5. The van der Waals surface area contributed by atoms with E-state index in [1.807, 2.05) is 27.7 Å². The minimum Gasteiger partial charge on any atom is -0.459 e. The van der Waals surface area contributed by atoms with Gasteiger partial charge in [0.25, 0.3) is 0 Å². The average Bonchev–Trinajstić information content (AvgIpc) is 2.98. The van der Waals surface area contributed by atoms with Gasteiger partial charge in [0.15, 0.2) is 11.3 Å². The van der Waals surface area contributed by atoms with E-state index >= 15 is 0 Å². The summed E-state index contributed by atoms with van der Waals surface area (Å²) in [5.74, 6) is 0.282. The van der Waals surface area contributed by atoms with Crippen LogP contribution in [0.4, 0.5) is 4.79 Å². The predicted molar refractivity (Wildman–Crippen MR) is 92.0 cm³/mol. The number of halogens is 1. The number of fused-ring (bicyclic) bond motifs is 1. The summed E-state index contributed by atoms with van der Waals surface area (Å²) in [6.07, 6.45) is 0.759. The second-order valence-electron chi connectivity index (χ2n) is 6.71. The first kappa shape index (κ1) is 17.1. The number of carbonyl (C=O) groups excluding carboxylic acids is 1. The van der Waals surface area contributed by atoms with Crippen LogP contribution in [0.3, 0.4) is 0 Å². The lowest BCUT2D eigenvalue weighted by molar-refractivity contribution is 0.00578. The van der Waals surface area contributed by atoms with Gasteiger partial charge in [-0.25, -0.2) is 4.79 Å². The first-order valence-electron chi connectivity index (χ1n) is 7.60. The van der Waals surface area contributed by atoms with Crippen molar-refractivity contribution in [2.75, 3.05) is 7.05 Å². The van der Waals surface area contributed by atoms with E-state index in [-0.39, 0.29) is 5.75 Å². The van der Waals surface area contributed by atoms with E-state index < -0.39 is 24.4 Å². The highest BCUT2D eigenvalue weighted by Gasteiger charge is 2.51. The molecule has 0 radical (unpaired) electrons. The van der Waals surface area contributed by atoms with E-state index in [0.29, 0.717) is 16.0 Å². The minimum absolute atomic E-state index is 0.282. The Balaban J connectivity index is 2.01. The molecule has 0 saturated carbocycles. The van der Waals surface area contributed by atoms with E-state index in [9.17, 15) is 4.79 Å². The van der Waals surface area contributed by atoms with Crippen LogP contribution in [0.25, 0.3) is 11.0 Å². The van der Waals surface area contributed by atoms with Crippen molar-refractivity contribution in [2.24, 2.45) is 0 Å².